The minimum absolute atomic E-state index is 0.532. The summed E-state index contributed by atoms with van der Waals surface area (Å²) in [5.41, 5.74) is 0. The van der Waals surface area contributed by atoms with Gasteiger partial charge in [-0.15, -0.1) is 11.8 Å². The Labute approximate surface area is 100 Å². The lowest BCUT2D eigenvalue weighted by molar-refractivity contribution is 0.419. The Morgan fingerprint density at radius 1 is 1.19 bits per heavy atom. The first-order valence-corrected chi connectivity index (χ1v) is 6.18. The van der Waals surface area contributed by atoms with Crippen molar-refractivity contribution in [1.82, 2.24) is 4.98 Å². The predicted octanol–water partition coefficient (Wildman–Crippen LogP) is 3.74. The number of hydrogen-bond acceptors (Lipinski definition) is 3. The minimum atomic E-state index is 0.532. The van der Waals surface area contributed by atoms with Gasteiger partial charge >= 0.3 is 0 Å². The predicted molar refractivity (Wildman–Crippen MR) is 69.3 cm³/mol. The smallest absolute Gasteiger partial charge is 0.126 e. The van der Waals surface area contributed by atoms with Crippen LogP contribution < -0.4 is 4.74 Å². The van der Waals surface area contributed by atoms with E-state index in [1.165, 1.54) is 5.39 Å². The van der Waals surface area contributed by atoms with Crippen LogP contribution in [0.15, 0.2) is 35.5 Å². The van der Waals surface area contributed by atoms with Gasteiger partial charge in [-0.25, -0.2) is 4.98 Å². The first-order valence-electron chi connectivity index (χ1n) is 5.30. The second-order valence-corrected chi connectivity index (χ2v) is 5.40. The lowest BCUT2D eigenvalue weighted by atomic mass is 10.1. The van der Waals surface area contributed by atoms with E-state index in [0.717, 1.165) is 16.2 Å². The molecule has 0 spiro atoms. The Balaban J connectivity index is 2.59. The Morgan fingerprint density at radius 2 is 2.00 bits per heavy atom. The fourth-order valence-corrected chi connectivity index (χ4v) is 2.52. The van der Waals surface area contributed by atoms with Gasteiger partial charge in [-0.2, -0.15) is 0 Å². The van der Waals surface area contributed by atoms with Crippen LogP contribution in [-0.4, -0.2) is 17.3 Å². The van der Waals surface area contributed by atoms with E-state index in [9.17, 15) is 0 Å². The summed E-state index contributed by atoms with van der Waals surface area (Å²) >= 11 is 1.78. The summed E-state index contributed by atoms with van der Waals surface area (Å²) in [6.07, 6.45) is 1.84. The van der Waals surface area contributed by atoms with Crippen molar-refractivity contribution in [3.63, 3.8) is 0 Å². The Hall–Kier alpha value is -1.22. The van der Waals surface area contributed by atoms with Crippen LogP contribution in [-0.2, 0) is 0 Å². The average Bonchev–Trinajstić information content (AvgIpc) is 2.28. The SMILES string of the molecule is COc1cccc2c(SC(C)C)nccc12. The highest BCUT2D eigenvalue weighted by Gasteiger charge is 2.07. The van der Waals surface area contributed by atoms with Crippen molar-refractivity contribution in [3.05, 3.63) is 30.5 Å². The first-order chi connectivity index (χ1) is 7.72. The highest BCUT2D eigenvalue weighted by molar-refractivity contribution is 8.00. The molecular formula is C13H15NOS. The third kappa shape index (κ3) is 2.14. The molecule has 0 aliphatic carbocycles. The van der Waals surface area contributed by atoms with Gasteiger partial charge in [0.25, 0.3) is 0 Å². The van der Waals surface area contributed by atoms with Gasteiger partial charge in [0.1, 0.15) is 10.8 Å². The largest absolute Gasteiger partial charge is 0.496 e. The number of aromatic nitrogens is 1. The van der Waals surface area contributed by atoms with E-state index in [1.807, 2.05) is 24.4 Å². The van der Waals surface area contributed by atoms with E-state index in [-0.39, 0.29) is 0 Å². The maximum atomic E-state index is 5.35. The number of benzene rings is 1. The summed E-state index contributed by atoms with van der Waals surface area (Å²) in [5, 5.41) is 3.90. The first kappa shape index (κ1) is 11.3. The monoisotopic (exact) mass is 233 g/mol. The summed E-state index contributed by atoms with van der Waals surface area (Å²) in [4.78, 5) is 4.43. The normalized spacial score (nSPS) is 11.0. The molecule has 0 saturated heterocycles. The van der Waals surface area contributed by atoms with Crippen molar-refractivity contribution < 1.29 is 4.74 Å². The number of ether oxygens (including phenoxy) is 1. The molecular weight excluding hydrogens is 218 g/mol. The van der Waals surface area contributed by atoms with Crippen LogP contribution in [0, 0.1) is 0 Å². The third-order valence-electron chi connectivity index (χ3n) is 2.30. The second-order valence-electron chi connectivity index (χ2n) is 3.84. The van der Waals surface area contributed by atoms with Crippen molar-refractivity contribution >= 4 is 22.5 Å². The second kappa shape index (κ2) is 4.74. The number of hydrogen-bond donors (Lipinski definition) is 0. The molecule has 0 bridgehead atoms. The summed E-state index contributed by atoms with van der Waals surface area (Å²) in [7, 11) is 1.70. The zero-order valence-corrected chi connectivity index (χ0v) is 10.5. The lowest BCUT2D eigenvalue weighted by Gasteiger charge is -2.09. The number of methoxy groups -OCH3 is 1. The standard InChI is InChI=1S/C13H15NOS/c1-9(2)16-13-11-5-4-6-12(15-3)10(11)7-8-14-13/h4-9H,1-3H3. The van der Waals surface area contributed by atoms with Gasteiger partial charge in [0.15, 0.2) is 0 Å². The highest BCUT2D eigenvalue weighted by atomic mass is 32.2. The van der Waals surface area contributed by atoms with Gasteiger partial charge in [0.05, 0.1) is 7.11 Å². The molecule has 0 radical (unpaired) electrons. The molecule has 0 N–H and O–H groups in total. The number of rotatable bonds is 3. The molecule has 84 valence electrons. The molecule has 0 aliphatic heterocycles. The number of pyridine rings is 1. The molecule has 2 nitrogen and oxygen atoms in total. The Morgan fingerprint density at radius 3 is 2.69 bits per heavy atom. The average molecular weight is 233 g/mol. The lowest BCUT2D eigenvalue weighted by Crippen LogP contribution is -1.91. The van der Waals surface area contributed by atoms with Crippen molar-refractivity contribution in [2.24, 2.45) is 0 Å². The molecule has 2 rings (SSSR count). The molecule has 16 heavy (non-hydrogen) atoms. The Bertz CT molecular complexity index is 496. The molecule has 0 unspecified atom stereocenters. The summed E-state index contributed by atoms with van der Waals surface area (Å²) in [5.74, 6) is 0.908. The molecule has 0 atom stereocenters. The van der Waals surface area contributed by atoms with Gasteiger partial charge < -0.3 is 4.74 Å². The van der Waals surface area contributed by atoms with Crippen LogP contribution in [0.5, 0.6) is 5.75 Å². The van der Waals surface area contributed by atoms with Crippen LogP contribution >= 0.6 is 11.8 Å². The number of nitrogens with zero attached hydrogens (tertiary/aromatic N) is 1. The van der Waals surface area contributed by atoms with Gasteiger partial charge in [-0.3, -0.25) is 0 Å². The van der Waals surface area contributed by atoms with E-state index >= 15 is 0 Å². The third-order valence-corrected chi connectivity index (χ3v) is 3.32. The van der Waals surface area contributed by atoms with Crippen molar-refractivity contribution in [1.29, 1.82) is 0 Å². The van der Waals surface area contributed by atoms with Gasteiger partial charge in [0, 0.05) is 22.2 Å². The molecule has 0 aliphatic rings. The van der Waals surface area contributed by atoms with E-state index in [2.05, 4.69) is 24.9 Å². The number of thioether (sulfide) groups is 1. The maximum absolute atomic E-state index is 5.35. The molecule has 1 heterocycles. The van der Waals surface area contributed by atoms with Crippen LogP contribution in [0.4, 0.5) is 0 Å². The van der Waals surface area contributed by atoms with Crippen LogP contribution in [0.3, 0.4) is 0 Å². The zero-order chi connectivity index (χ0) is 11.5. The molecule has 0 fully saturated rings. The van der Waals surface area contributed by atoms with Crippen molar-refractivity contribution in [3.8, 4) is 5.75 Å². The van der Waals surface area contributed by atoms with E-state index in [4.69, 9.17) is 4.74 Å². The molecule has 0 amide bonds. The summed E-state index contributed by atoms with van der Waals surface area (Å²) in [6.45, 7) is 4.34. The Kier molecular flexibility index (Phi) is 3.34. The van der Waals surface area contributed by atoms with Crippen LogP contribution in [0.2, 0.25) is 0 Å². The van der Waals surface area contributed by atoms with Gasteiger partial charge in [0.2, 0.25) is 0 Å². The van der Waals surface area contributed by atoms with Gasteiger partial charge in [-0.05, 0) is 12.1 Å². The maximum Gasteiger partial charge on any atom is 0.126 e. The van der Waals surface area contributed by atoms with Crippen LogP contribution in [0.25, 0.3) is 10.8 Å². The quantitative estimate of drug-likeness (QED) is 0.754. The topological polar surface area (TPSA) is 22.1 Å². The highest BCUT2D eigenvalue weighted by Crippen LogP contribution is 2.32. The van der Waals surface area contributed by atoms with E-state index in [0.29, 0.717) is 5.25 Å². The fourth-order valence-electron chi connectivity index (χ4n) is 1.65. The molecule has 1 aromatic heterocycles. The van der Waals surface area contributed by atoms with Crippen molar-refractivity contribution in [2.45, 2.75) is 24.1 Å². The summed E-state index contributed by atoms with van der Waals surface area (Å²) in [6, 6.07) is 8.08. The molecule has 1 aromatic carbocycles. The minimum Gasteiger partial charge on any atom is -0.496 e. The number of fused-ring (bicyclic) bond motifs is 1. The van der Waals surface area contributed by atoms with Crippen LogP contribution in [0.1, 0.15) is 13.8 Å². The molecule has 3 heteroatoms. The van der Waals surface area contributed by atoms with E-state index in [1.54, 1.807) is 18.9 Å². The zero-order valence-electron chi connectivity index (χ0n) is 9.73. The van der Waals surface area contributed by atoms with Crippen molar-refractivity contribution in [2.75, 3.05) is 7.11 Å². The summed E-state index contributed by atoms with van der Waals surface area (Å²) < 4.78 is 5.35. The molecule has 0 saturated carbocycles. The fraction of sp³-hybridized carbons (Fsp3) is 0.308. The van der Waals surface area contributed by atoms with E-state index < -0.39 is 0 Å². The van der Waals surface area contributed by atoms with Gasteiger partial charge in [-0.1, -0.05) is 26.0 Å². The molecule has 2 aromatic rings.